The quantitative estimate of drug-likeness (QED) is 0.622. The number of carbonyl (C=O) groups excluding carboxylic acids is 2. The van der Waals surface area contributed by atoms with Gasteiger partial charge in [-0.15, -0.1) is 0 Å². The number of carbonyl (C=O) groups is 2. The highest BCUT2D eigenvalue weighted by Crippen LogP contribution is 2.23. The van der Waals surface area contributed by atoms with Gasteiger partial charge >= 0.3 is 0 Å². The molecule has 2 heterocycles. The lowest BCUT2D eigenvalue weighted by Crippen LogP contribution is -2.47. The van der Waals surface area contributed by atoms with E-state index in [-0.39, 0.29) is 23.4 Å². The van der Waals surface area contributed by atoms with Crippen LogP contribution < -0.4 is 0 Å². The van der Waals surface area contributed by atoms with E-state index in [4.69, 9.17) is 0 Å². The Bertz CT molecular complexity index is 653. The number of non-ortho nitro benzene ring substituents is 1. The lowest BCUT2D eigenvalue weighted by atomic mass is 9.95. The van der Waals surface area contributed by atoms with E-state index in [1.807, 2.05) is 4.90 Å². The molecule has 0 N–H and O–H groups in total. The van der Waals surface area contributed by atoms with Crippen LogP contribution in [0, 0.1) is 16.0 Å². The number of hydrogen-bond donors (Lipinski definition) is 0. The van der Waals surface area contributed by atoms with Crippen LogP contribution in [0.3, 0.4) is 0 Å². The average molecular weight is 345 g/mol. The minimum Gasteiger partial charge on any atom is -0.342 e. The first-order chi connectivity index (χ1) is 12.1. The van der Waals surface area contributed by atoms with E-state index in [2.05, 4.69) is 0 Å². The van der Waals surface area contributed by atoms with E-state index >= 15 is 0 Å². The predicted molar refractivity (Wildman–Crippen MR) is 92.2 cm³/mol. The van der Waals surface area contributed by atoms with E-state index in [1.54, 1.807) is 4.90 Å². The molecule has 2 aliphatic heterocycles. The maximum absolute atomic E-state index is 12.7. The Hall–Kier alpha value is -2.44. The molecule has 2 saturated heterocycles. The van der Waals surface area contributed by atoms with Crippen molar-refractivity contribution < 1.29 is 14.5 Å². The van der Waals surface area contributed by atoms with Crippen molar-refractivity contribution in [2.24, 2.45) is 5.92 Å². The minimum absolute atomic E-state index is 0.0339. The highest BCUT2D eigenvalue weighted by Gasteiger charge is 2.32. The summed E-state index contributed by atoms with van der Waals surface area (Å²) in [5.41, 5.74) is 0.394. The summed E-state index contributed by atoms with van der Waals surface area (Å²) in [4.78, 5) is 39.2. The molecular weight excluding hydrogens is 322 g/mol. The number of hydrogen-bond acceptors (Lipinski definition) is 4. The van der Waals surface area contributed by atoms with Crippen molar-refractivity contribution in [1.29, 1.82) is 0 Å². The Kier molecular flexibility index (Phi) is 5.31. The SMILES string of the molecule is O=C(c1ccc([N+](=O)[O-])cc1)N1CCCC(C(=O)N2CCCCC2)C1. The van der Waals surface area contributed by atoms with Crippen molar-refractivity contribution in [2.75, 3.05) is 26.2 Å². The molecule has 2 fully saturated rings. The summed E-state index contributed by atoms with van der Waals surface area (Å²) in [5.74, 6) is -0.124. The maximum Gasteiger partial charge on any atom is 0.269 e. The van der Waals surface area contributed by atoms with E-state index < -0.39 is 4.92 Å². The zero-order chi connectivity index (χ0) is 17.8. The molecule has 7 heteroatoms. The summed E-state index contributed by atoms with van der Waals surface area (Å²) < 4.78 is 0. The van der Waals surface area contributed by atoms with Gasteiger partial charge in [0.2, 0.25) is 5.91 Å². The summed E-state index contributed by atoms with van der Waals surface area (Å²) in [7, 11) is 0. The molecule has 25 heavy (non-hydrogen) atoms. The fraction of sp³-hybridized carbons (Fsp3) is 0.556. The van der Waals surface area contributed by atoms with Gasteiger partial charge in [0, 0.05) is 43.9 Å². The van der Waals surface area contributed by atoms with E-state index in [0.717, 1.165) is 38.8 Å². The fourth-order valence-electron chi connectivity index (χ4n) is 3.64. The second kappa shape index (κ2) is 7.63. The highest BCUT2D eigenvalue weighted by molar-refractivity contribution is 5.95. The van der Waals surface area contributed by atoms with Gasteiger partial charge in [0.15, 0.2) is 0 Å². The molecule has 1 aromatic carbocycles. The van der Waals surface area contributed by atoms with Gasteiger partial charge in [0.25, 0.3) is 11.6 Å². The van der Waals surface area contributed by atoms with Crippen LogP contribution in [0.5, 0.6) is 0 Å². The second-order valence-electron chi connectivity index (χ2n) is 6.78. The van der Waals surface area contributed by atoms with Crippen LogP contribution in [0.25, 0.3) is 0 Å². The molecule has 7 nitrogen and oxygen atoms in total. The van der Waals surface area contributed by atoms with Crippen LogP contribution in [0.4, 0.5) is 5.69 Å². The van der Waals surface area contributed by atoms with Gasteiger partial charge in [-0.1, -0.05) is 0 Å². The number of likely N-dealkylation sites (tertiary alicyclic amines) is 2. The number of rotatable bonds is 3. The van der Waals surface area contributed by atoms with Crippen LogP contribution in [0.15, 0.2) is 24.3 Å². The average Bonchev–Trinajstić information content (AvgIpc) is 2.67. The van der Waals surface area contributed by atoms with Crippen molar-refractivity contribution in [3.05, 3.63) is 39.9 Å². The van der Waals surface area contributed by atoms with Gasteiger partial charge in [-0.05, 0) is 44.2 Å². The third-order valence-electron chi connectivity index (χ3n) is 5.05. The van der Waals surface area contributed by atoms with Gasteiger partial charge in [0.1, 0.15) is 0 Å². The number of nitro groups is 1. The molecule has 0 aliphatic carbocycles. The molecule has 3 rings (SSSR count). The number of benzene rings is 1. The van der Waals surface area contributed by atoms with Crippen molar-refractivity contribution in [3.63, 3.8) is 0 Å². The molecule has 134 valence electrons. The van der Waals surface area contributed by atoms with E-state index in [9.17, 15) is 19.7 Å². The zero-order valence-electron chi connectivity index (χ0n) is 14.2. The van der Waals surface area contributed by atoms with Crippen LogP contribution in [-0.2, 0) is 4.79 Å². The zero-order valence-corrected chi connectivity index (χ0v) is 14.2. The molecule has 2 aliphatic rings. The molecule has 1 unspecified atom stereocenters. The van der Waals surface area contributed by atoms with Crippen LogP contribution >= 0.6 is 0 Å². The topological polar surface area (TPSA) is 83.8 Å². The van der Waals surface area contributed by atoms with Crippen LogP contribution in [-0.4, -0.2) is 52.7 Å². The van der Waals surface area contributed by atoms with Gasteiger partial charge in [0.05, 0.1) is 10.8 Å². The molecule has 2 amide bonds. The number of piperidine rings is 2. The highest BCUT2D eigenvalue weighted by atomic mass is 16.6. The fourth-order valence-corrected chi connectivity index (χ4v) is 3.64. The summed E-state index contributed by atoms with van der Waals surface area (Å²) in [5, 5.41) is 10.7. The molecule has 1 atom stereocenters. The van der Waals surface area contributed by atoms with Crippen LogP contribution in [0.2, 0.25) is 0 Å². The third-order valence-corrected chi connectivity index (χ3v) is 5.05. The summed E-state index contributed by atoms with van der Waals surface area (Å²) in [6.07, 6.45) is 4.93. The molecular formula is C18H23N3O4. The Balaban J connectivity index is 1.64. The second-order valence-corrected chi connectivity index (χ2v) is 6.78. The number of amides is 2. The molecule has 0 bridgehead atoms. The molecule has 0 spiro atoms. The van der Waals surface area contributed by atoms with Gasteiger partial charge in [-0.3, -0.25) is 19.7 Å². The van der Waals surface area contributed by atoms with Gasteiger partial charge in [-0.25, -0.2) is 0 Å². The first-order valence-electron chi connectivity index (χ1n) is 8.89. The first kappa shape index (κ1) is 17.4. The largest absolute Gasteiger partial charge is 0.342 e. The van der Waals surface area contributed by atoms with E-state index in [1.165, 1.54) is 30.7 Å². The molecule has 1 aromatic rings. The Morgan fingerprint density at radius 2 is 1.60 bits per heavy atom. The first-order valence-corrected chi connectivity index (χ1v) is 8.89. The maximum atomic E-state index is 12.7. The van der Waals surface area contributed by atoms with Crippen molar-refractivity contribution >= 4 is 17.5 Å². The van der Waals surface area contributed by atoms with Gasteiger partial charge < -0.3 is 9.80 Å². The minimum atomic E-state index is -0.484. The summed E-state index contributed by atoms with van der Waals surface area (Å²) in [6.45, 7) is 2.71. The van der Waals surface area contributed by atoms with Crippen molar-refractivity contribution in [2.45, 2.75) is 32.1 Å². The monoisotopic (exact) mass is 345 g/mol. The molecule has 0 radical (unpaired) electrons. The lowest BCUT2D eigenvalue weighted by Gasteiger charge is -2.36. The molecule has 0 saturated carbocycles. The predicted octanol–water partition coefficient (Wildman–Crippen LogP) is 2.46. The molecule has 0 aromatic heterocycles. The lowest BCUT2D eigenvalue weighted by molar-refractivity contribution is -0.384. The number of nitro benzene ring substituents is 1. The van der Waals surface area contributed by atoms with Gasteiger partial charge in [-0.2, -0.15) is 0 Å². The normalized spacial score (nSPS) is 21.0. The van der Waals surface area contributed by atoms with Crippen molar-refractivity contribution in [1.82, 2.24) is 9.80 Å². The number of nitrogens with zero attached hydrogens (tertiary/aromatic N) is 3. The standard InChI is InChI=1S/C18H23N3O4/c22-17(14-6-8-16(9-7-14)21(24)25)20-12-4-5-15(13-20)18(23)19-10-2-1-3-11-19/h6-9,15H,1-5,10-13H2. The Morgan fingerprint density at radius 1 is 0.960 bits per heavy atom. The summed E-state index contributed by atoms with van der Waals surface area (Å²) >= 11 is 0. The smallest absolute Gasteiger partial charge is 0.269 e. The Labute approximate surface area is 146 Å². The Morgan fingerprint density at radius 3 is 2.24 bits per heavy atom. The van der Waals surface area contributed by atoms with E-state index in [0.29, 0.717) is 18.7 Å². The third kappa shape index (κ3) is 3.97. The van der Waals surface area contributed by atoms with Crippen molar-refractivity contribution in [3.8, 4) is 0 Å². The van der Waals surface area contributed by atoms with Crippen LogP contribution in [0.1, 0.15) is 42.5 Å². The summed E-state index contributed by atoms with van der Waals surface area (Å²) in [6, 6.07) is 5.65.